The summed E-state index contributed by atoms with van der Waals surface area (Å²) in [7, 11) is 0. The summed E-state index contributed by atoms with van der Waals surface area (Å²) in [5, 5.41) is 11.1. The Morgan fingerprint density at radius 1 is 0.383 bits per heavy atom. The highest BCUT2D eigenvalue weighted by atomic mass is 32.1. The predicted octanol–water partition coefficient (Wildman–Crippen LogP) is 15.5. The number of hydrogen-bond donors (Lipinski definition) is 0. The number of nitrogens with zero attached hydrogens (tertiary/aromatic N) is 3. The maximum atomic E-state index is 5.25. The smallest absolute Gasteiger partial charge is 0.156 e. The average molecular weight is 780 g/mol. The summed E-state index contributed by atoms with van der Waals surface area (Å²) in [4.78, 5) is 9.97. The Morgan fingerprint density at radius 2 is 0.967 bits per heavy atom. The van der Waals surface area contributed by atoms with Crippen LogP contribution in [0.25, 0.3) is 125 Å². The van der Waals surface area contributed by atoms with Crippen molar-refractivity contribution in [2.75, 3.05) is 0 Å². The summed E-state index contributed by atoms with van der Waals surface area (Å²) in [6.45, 7) is 0. The van der Waals surface area contributed by atoms with Crippen molar-refractivity contribution in [2.45, 2.75) is 0 Å². The second-order valence-electron chi connectivity index (χ2n) is 15.7. The lowest BCUT2D eigenvalue weighted by atomic mass is 9.90. The Hall–Kier alpha value is -7.66. The van der Waals surface area contributed by atoms with E-state index in [1.165, 1.54) is 85.9 Å². The molecule has 278 valence electrons. The van der Waals surface area contributed by atoms with Crippen molar-refractivity contribution >= 4 is 91.4 Å². The molecular weight excluding hydrogens is 747 g/mol. The van der Waals surface area contributed by atoms with Crippen LogP contribution in [0.4, 0.5) is 0 Å². The van der Waals surface area contributed by atoms with E-state index in [4.69, 9.17) is 9.97 Å². The summed E-state index contributed by atoms with van der Waals surface area (Å²) in [6.07, 6.45) is 1.88. The number of aromatic nitrogens is 3. The number of thiophene rings is 1. The highest BCUT2D eigenvalue weighted by molar-refractivity contribution is 7.27. The lowest BCUT2D eigenvalue weighted by molar-refractivity contribution is 1.25. The third-order valence-corrected chi connectivity index (χ3v) is 13.7. The van der Waals surface area contributed by atoms with Gasteiger partial charge in [0.25, 0.3) is 0 Å². The first-order chi connectivity index (χ1) is 29.7. The van der Waals surface area contributed by atoms with Gasteiger partial charge in [0.15, 0.2) is 5.65 Å². The zero-order chi connectivity index (χ0) is 39.3. The molecule has 0 bridgehead atoms. The molecule has 4 heteroatoms. The fourth-order valence-corrected chi connectivity index (χ4v) is 10.9. The van der Waals surface area contributed by atoms with Crippen LogP contribution in [0.2, 0.25) is 0 Å². The normalized spacial score (nSPS) is 12.0. The zero-order valence-corrected chi connectivity index (χ0v) is 33.1. The molecule has 0 aliphatic carbocycles. The number of hydrogen-bond acceptors (Lipinski definition) is 3. The Morgan fingerprint density at radius 3 is 1.70 bits per heavy atom. The average Bonchev–Trinajstić information content (AvgIpc) is 3.90. The molecule has 60 heavy (non-hydrogen) atoms. The van der Waals surface area contributed by atoms with Gasteiger partial charge in [-0.1, -0.05) is 164 Å². The van der Waals surface area contributed by atoms with Crippen LogP contribution in [0.1, 0.15) is 0 Å². The quantitative estimate of drug-likeness (QED) is 0.167. The monoisotopic (exact) mass is 779 g/mol. The van der Waals surface area contributed by atoms with E-state index in [0.29, 0.717) is 0 Å². The van der Waals surface area contributed by atoms with Crippen LogP contribution in [-0.4, -0.2) is 14.4 Å². The summed E-state index contributed by atoms with van der Waals surface area (Å²) < 4.78 is 4.89. The second kappa shape index (κ2) is 12.9. The van der Waals surface area contributed by atoms with E-state index in [9.17, 15) is 0 Å². The molecule has 4 heterocycles. The minimum atomic E-state index is 1.01. The van der Waals surface area contributed by atoms with E-state index in [2.05, 4.69) is 192 Å². The van der Waals surface area contributed by atoms with Crippen molar-refractivity contribution < 1.29 is 0 Å². The standard InChI is InChI=1S/C56H33N3S/c1-2-12-42-34(10-1)27-28-47-49-33-52(59-51-18-8-7-17-50(51)58-56(59)55(49)60-54(42)47)38-25-23-36(24-26-38)41-30-29-40(43-13-3-4-14-44(41)43)35-19-21-37(22-20-35)48-32-39-11-9-31-57-53(39)46-16-6-5-15-45(46)48/h1-33H. The van der Waals surface area contributed by atoms with E-state index < -0.39 is 0 Å². The molecule has 0 fully saturated rings. The van der Waals surface area contributed by atoms with Gasteiger partial charge in [0.05, 0.1) is 26.9 Å². The SMILES string of the molecule is c1ccc2c(c1)ccc1c3cc(-c4ccc(-c5ccc(-c6ccc(-c7cc8cccnc8c8ccccc78)cc6)c6ccccc56)cc4)n4c5ccccc5nc4c3sc21. The summed E-state index contributed by atoms with van der Waals surface area (Å²) in [5.74, 6) is 0. The van der Waals surface area contributed by atoms with E-state index >= 15 is 0 Å². The molecule has 4 aromatic heterocycles. The molecule has 13 rings (SSSR count). The van der Waals surface area contributed by atoms with Gasteiger partial charge in [-0.15, -0.1) is 11.3 Å². The molecule has 0 unspecified atom stereocenters. The fraction of sp³-hybridized carbons (Fsp3) is 0. The van der Waals surface area contributed by atoms with Gasteiger partial charge < -0.3 is 0 Å². The second-order valence-corrected chi connectivity index (χ2v) is 16.7. The molecule has 0 N–H and O–H groups in total. The van der Waals surface area contributed by atoms with Gasteiger partial charge in [-0.05, 0) is 96.2 Å². The molecule has 0 radical (unpaired) electrons. The van der Waals surface area contributed by atoms with Crippen LogP contribution in [0, 0.1) is 0 Å². The first-order valence-corrected chi connectivity index (χ1v) is 21.2. The zero-order valence-electron chi connectivity index (χ0n) is 32.3. The van der Waals surface area contributed by atoms with Crippen molar-refractivity contribution in [1.29, 1.82) is 0 Å². The Kier molecular flexibility index (Phi) is 7.18. The summed E-state index contributed by atoms with van der Waals surface area (Å²) in [5.41, 5.74) is 13.7. The maximum Gasteiger partial charge on any atom is 0.156 e. The van der Waals surface area contributed by atoms with Gasteiger partial charge in [-0.25, -0.2) is 4.98 Å². The lowest BCUT2D eigenvalue weighted by Gasteiger charge is -2.14. The Labute approximate surface area is 349 Å². The fourth-order valence-electron chi connectivity index (χ4n) is 9.60. The molecule has 13 aromatic rings. The molecule has 0 aliphatic heterocycles. The van der Waals surface area contributed by atoms with Gasteiger partial charge in [0.1, 0.15) is 0 Å². The lowest BCUT2D eigenvalue weighted by Crippen LogP contribution is -1.93. The van der Waals surface area contributed by atoms with E-state index in [1.54, 1.807) is 0 Å². The Balaban J connectivity index is 0.910. The van der Waals surface area contributed by atoms with E-state index in [0.717, 1.165) is 38.8 Å². The summed E-state index contributed by atoms with van der Waals surface area (Å²) in [6, 6.07) is 70.7. The minimum absolute atomic E-state index is 1.01. The van der Waals surface area contributed by atoms with Crippen molar-refractivity contribution in [3.05, 3.63) is 200 Å². The number of fused-ring (bicyclic) bond motifs is 13. The molecule has 0 saturated heterocycles. The molecular formula is C56H33N3S. The molecule has 0 spiro atoms. The third-order valence-electron chi connectivity index (χ3n) is 12.4. The van der Waals surface area contributed by atoms with Crippen LogP contribution in [0.5, 0.6) is 0 Å². The molecule has 0 saturated carbocycles. The summed E-state index contributed by atoms with van der Waals surface area (Å²) >= 11 is 1.85. The maximum absolute atomic E-state index is 5.25. The van der Waals surface area contributed by atoms with Crippen LogP contribution in [0.3, 0.4) is 0 Å². The first kappa shape index (κ1) is 33.3. The van der Waals surface area contributed by atoms with E-state index in [-0.39, 0.29) is 0 Å². The predicted molar refractivity (Wildman–Crippen MR) is 255 cm³/mol. The number of benzene rings is 9. The topological polar surface area (TPSA) is 30.2 Å². The Bertz CT molecular complexity index is 3880. The third kappa shape index (κ3) is 4.95. The first-order valence-electron chi connectivity index (χ1n) is 20.4. The van der Waals surface area contributed by atoms with Crippen LogP contribution in [-0.2, 0) is 0 Å². The van der Waals surface area contributed by atoms with Crippen molar-refractivity contribution in [3.63, 3.8) is 0 Å². The number of para-hydroxylation sites is 2. The number of pyridine rings is 2. The molecule has 0 atom stereocenters. The number of imidazole rings is 1. The van der Waals surface area contributed by atoms with Crippen molar-refractivity contribution in [3.8, 4) is 44.6 Å². The van der Waals surface area contributed by atoms with Gasteiger partial charge in [-0.2, -0.15) is 0 Å². The van der Waals surface area contributed by atoms with Gasteiger partial charge >= 0.3 is 0 Å². The highest BCUT2D eigenvalue weighted by Gasteiger charge is 2.19. The van der Waals surface area contributed by atoms with Gasteiger partial charge in [0.2, 0.25) is 0 Å². The molecule has 0 aliphatic rings. The largest absolute Gasteiger partial charge is 0.291 e. The van der Waals surface area contributed by atoms with E-state index in [1.807, 2.05) is 23.6 Å². The molecule has 0 amide bonds. The van der Waals surface area contributed by atoms with Crippen LogP contribution in [0.15, 0.2) is 200 Å². The highest BCUT2D eigenvalue weighted by Crippen LogP contribution is 2.44. The van der Waals surface area contributed by atoms with Crippen molar-refractivity contribution in [2.24, 2.45) is 0 Å². The van der Waals surface area contributed by atoms with Gasteiger partial charge in [0, 0.05) is 32.4 Å². The minimum Gasteiger partial charge on any atom is -0.291 e. The van der Waals surface area contributed by atoms with Crippen LogP contribution >= 0.6 is 11.3 Å². The number of rotatable bonds is 4. The molecule has 9 aromatic carbocycles. The van der Waals surface area contributed by atoms with Crippen LogP contribution < -0.4 is 0 Å². The molecule has 3 nitrogen and oxygen atoms in total. The van der Waals surface area contributed by atoms with Crippen molar-refractivity contribution in [1.82, 2.24) is 14.4 Å². The van der Waals surface area contributed by atoms with Gasteiger partial charge in [-0.3, -0.25) is 9.38 Å².